The molecule has 1 saturated heterocycles. The third-order valence-corrected chi connectivity index (χ3v) is 3.89. The van der Waals surface area contributed by atoms with Gasteiger partial charge in [0.15, 0.2) is 5.82 Å². The molecule has 1 unspecified atom stereocenters. The highest BCUT2D eigenvalue weighted by molar-refractivity contribution is 5.90. The van der Waals surface area contributed by atoms with Gasteiger partial charge in [-0.25, -0.2) is 9.78 Å². The molecule has 1 aliphatic rings. The normalized spacial score (nSPS) is 17.1. The van der Waals surface area contributed by atoms with E-state index in [0.717, 1.165) is 12.0 Å². The van der Waals surface area contributed by atoms with Crippen LogP contribution >= 0.6 is 0 Å². The summed E-state index contributed by atoms with van der Waals surface area (Å²) < 4.78 is 10.5. The number of nitrogens with one attached hydrogen (secondary N) is 1. The van der Waals surface area contributed by atoms with Crippen molar-refractivity contribution in [3.05, 3.63) is 29.5 Å². The molecule has 0 spiro atoms. The quantitative estimate of drug-likeness (QED) is 0.925. The van der Waals surface area contributed by atoms with E-state index in [-0.39, 0.29) is 11.9 Å². The third-order valence-electron chi connectivity index (χ3n) is 3.89. The number of anilines is 1. The first-order valence-corrected chi connectivity index (χ1v) is 8.02. The summed E-state index contributed by atoms with van der Waals surface area (Å²) in [5.74, 6) is 1.74. The van der Waals surface area contributed by atoms with E-state index in [1.54, 1.807) is 18.0 Å². The summed E-state index contributed by atoms with van der Waals surface area (Å²) in [6, 6.07) is 1.68. The molecule has 2 aromatic rings. The van der Waals surface area contributed by atoms with Crippen LogP contribution in [0.2, 0.25) is 0 Å². The zero-order valence-electron chi connectivity index (χ0n) is 14.1. The van der Waals surface area contributed by atoms with Gasteiger partial charge in [0, 0.05) is 32.1 Å². The van der Waals surface area contributed by atoms with E-state index in [0.29, 0.717) is 43.0 Å². The average molecular weight is 331 g/mol. The number of amides is 2. The fraction of sp³-hybridized carbons (Fsp3) is 0.500. The van der Waals surface area contributed by atoms with Crippen molar-refractivity contribution < 1.29 is 14.1 Å². The van der Waals surface area contributed by atoms with Crippen LogP contribution in [0.15, 0.2) is 16.8 Å². The number of ether oxygens (including phenoxy) is 1. The zero-order valence-corrected chi connectivity index (χ0v) is 14.1. The topological polar surface area (TPSA) is 93.4 Å². The minimum absolute atomic E-state index is 0.107. The van der Waals surface area contributed by atoms with Gasteiger partial charge in [0.2, 0.25) is 11.8 Å². The maximum absolute atomic E-state index is 12.5. The highest BCUT2D eigenvalue weighted by Gasteiger charge is 2.30. The maximum Gasteiger partial charge on any atom is 0.322 e. The van der Waals surface area contributed by atoms with Crippen LogP contribution in [0.3, 0.4) is 0 Å². The Bertz CT molecular complexity index is 730. The molecule has 1 atom stereocenters. The molecular formula is C16H21N5O3. The highest BCUT2D eigenvalue weighted by Crippen LogP contribution is 2.27. The van der Waals surface area contributed by atoms with Gasteiger partial charge in [-0.05, 0) is 31.9 Å². The predicted molar refractivity (Wildman–Crippen MR) is 87.1 cm³/mol. The Balaban J connectivity index is 1.67. The molecule has 0 bridgehead atoms. The Labute approximate surface area is 140 Å². The summed E-state index contributed by atoms with van der Waals surface area (Å²) in [6.45, 7) is 7.26. The number of hydrogen-bond acceptors (Lipinski definition) is 6. The number of hydrogen-bond donors (Lipinski definition) is 1. The Morgan fingerprint density at radius 2 is 2.33 bits per heavy atom. The number of rotatable bonds is 4. The van der Waals surface area contributed by atoms with Crippen LogP contribution in [0.4, 0.5) is 10.5 Å². The van der Waals surface area contributed by atoms with Crippen LogP contribution in [0.25, 0.3) is 0 Å². The molecule has 24 heavy (non-hydrogen) atoms. The molecule has 0 radical (unpaired) electrons. The largest absolute Gasteiger partial charge is 0.476 e. The van der Waals surface area contributed by atoms with Crippen LogP contribution in [0.5, 0.6) is 5.88 Å². The number of pyridine rings is 1. The summed E-state index contributed by atoms with van der Waals surface area (Å²) in [7, 11) is 0. The number of aromatic nitrogens is 3. The average Bonchev–Trinajstić information content (AvgIpc) is 3.19. The summed E-state index contributed by atoms with van der Waals surface area (Å²) in [5.41, 5.74) is 1.54. The number of carbonyl (C=O) groups excluding carboxylic acids is 1. The van der Waals surface area contributed by atoms with Crippen molar-refractivity contribution >= 4 is 11.7 Å². The zero-order chi connectivity index (χ0) is 17.1. The van der Waals surface area contributed by atoms with Gasteiger partial charge < -0.3 is 19.5 Å². The van der Waals surface area contributed by atoms with E-state index in [2.05, 4.69) is 20.4 Å². The number of urea groups is 1. The molecule has 0 saturated carbocycles. The van der Waals surface area contributed by atoms with Gasteiger partial charge in [-0.3, -0.25) is 0 Å². The van der Waals surface area contributed by atoms with Crippen LogP contribution in [0, 0.1) is 13.8 Å². The SMILES string of the molecule is CCOc1ncc(C)cc1NC(=O)N1CCC(c2noc(C)n2)C1. The van der Waals surface area contributed by atoms with Gasteiger partial charge in [0.1, 0.15) is 5.69 Å². The maximum atomic E-state index is 12.5. The van der Waals surface area contributed by atoms with E-state index in [1.807, 2.05) is 19.9 Å². The molecule has 128 valence electrons. The molecule has 3 rings (SSSR count). The van der Waals surface area contributed by atoms with Crippen molar-refractivity contribution in [2.45, 2.75) is 33.1 Å². The highest BCUT2D eigenvalue weighted by atomic mass is 16.5. The number of likely N-dealkylation sites (tertiary alicyclic amines) is 1. The first-order valence-electron chi connectivity index (χ1n) is 8.02. The minimum atomic E-state index is -0.175. The van der Waals surface area contributed by atoms with Crippen LogP contribution in [-0.2, 0) is 0 Å². The lowest BCUT2D eigenvalue weighted by molar-refractivity contribution is 0.221. The predicted octanol–water partition coefficient (Wildman–Crippen LogP) is 2.50. The molecule has 8 heteroatoms. The van der Waals surface area contributed by atoms with Gasteiger partial charge in [-0.15, -0.1) is 0 Å². The fourth-order valence-corrected chi connectivity index (χ4v) is 2.73. The Kier molecular flexibility index (Phi) is 4.64. The van der Waals surface area contributed by atoms with E-state index in [1.165, 1.54) is 0 Å². The molecule has 3 heterocycles. The second kappa shape index (κ2) is 6.86. The van der Waals surface area contributed by atoms with Gasteiger partial charge in [0.05, 0.1) is 6.61 Å². The fourth-order valence-electron chi connectivity index (χ4n) is 2.73. The summed E-state index contributed by atoms with van der Waals surface area (Å²) >= 11 is 0. The Hall–Kier alpha value is -2.64. The van der Waals surface area contributed by atoms with Crippen molar-refractivity contribution in [2.24, 2.45) is 0 Å². The molecule has 0 aliphatic carbocycles. The van der Waals surface area contributed by atoms with Crippen molar-refractivity contribution in [2.75, 3.05) is 25.0 Å². The van der Waals surface area contributed by atoms with Crippen molar-refractivity contribution in [3.63, 3.8) is 0 Å². The first kappa shape index (κ1) is 16.2. The molecule has 2 amide bonds. The summed E-state index contributed by atoms with van der Waals surface area (Å²) in [6.07, 6.45) is 2.53. The molecule has 2 aromatic heterocycles. The van der Waals surface area contributed by atoms with Gasteiger partial charge >= 0.3 is 6.03 Å². The van der Waals surface area contributed by atoms with Crippen molar-refractivity contribution in [3.8, 4) is 5.88 Å². The lowest BCUT2D eigenvalue weighted by atomic mass is 10.1. The second-order valence-corrected chi connectivity index (χ2v) is 5.83. The smallest absolute Gasteiger partial charge is 0.322 e. The van der Waals surface area contributed by atoms with Crippen LogP contribution in [-0.4, -0.2) is 45.8 Å². The molecule has 1 aliphatic heterocycles. The van der Waals surface area contributed by atoms with E-state index in [4.69, 9.17) is 9.26 Å². The van der Waals surface area contributed by atoms with Gasteiger partial charge in [0.25, 0.3) is 0 Å². The van der Waals surface area contributed by atoms with Gasteiger partial charge in [-0.1, -0.05) is 5.16 Å². The summed E-state index contributed by atoms with van der Waals surface area (Å²) in [4.78, 5) is 22.8. The minimum Gasteiger partial charge on any atom is -0.476 e. The third kappa shape index (κ3) is 3.47. The number of aryl methyl sites for hydroxylation is 2. The number of carbonyl (C=O) groups is 1. The molecule has 0 aromatic carbocycles. The first-order chi connectivity index (χ1) is 11.6. The molecule has 8 nitrogen and oxygen atoms in total. The molecule has 1 fully saturated rings. The van der Waals surface area contributed by atoms with Crippen LogP contribution in [0.1, 0.15) is 36.5 Å². The Morgan fingerprint density at radius 3 is 3.04 bits per heavy atom. The monoisotopic (exact) mass is 331 g/mol. The lowest BCUT2D eigenvalue weighted by Crippen LogP contribution is -2.33. The summed E-state index contributed by atoms with van der Waals surface area (Å²) in [5, 5.41) is 6.84. The second-order valence-electron chi connectivity index (χ2n) is 5.83. The lowest BCUT2D eigenvalue weighted by Gasteiger charge is -2.18. The van der Waals surface area contributed by atoms with Crippen molar-refractivity contribution in [1.29, 1.82) is 0 Å². The van der Waals surface area contributed by atoms with E-state index < -0.39 is 0 Å². The van der Waals surface area contributed by atoms with Crippen LogP contribution < -0.4 is 10.1 Å². The Morgan fingerprint density at radius 1 is 1.50 bits per heavy atom. The standard InChI is InChI=1S/C16H21N5O3/c1-4-23-15-13(7-10(2)8-17-15)19-16(22)21-6-5-12(9-21)14-18-11(3)24-20-14/h7-8,12H,4-6,9H2,1-3H3,(H,19,22). The van der Waals surface area contributed by atoms with Crippen molar-refractivity contribution in [1.82, 2.24) is 20.0 Å². The number of nitrogens with zero attached hydrogens (tertiary/aromatic N) is 4. The molecular weight excluding hydrogens is 310 g/mol. The molecule has 1 N–H and O–H groups in total. The van der Waals surface area contributed by atoms with E-state index >= 15 is 0 Å². The van der Waals surface area contributed by atoms with E-state index in [9.17, 15) is 4.79 Å². The van der Waals surface area contributed by atoms with Gasteiger partial charge in [-0.2, -0.15) is 4.98 Å².